The number of likely N-dealkylation sites (N-methyl/N-ethyl adjacent to an activating group) is 1. The first-order valence-electron chi connectivity index (χ1n) is 8.34. The average molecular weight is 299 g/mol. The van der Waals surface area contributed by atoms with Crippen LogP contribution in [-0.2, 0) is 9.53 Å². The van der Waals surface area contributed by atoms with Crippen molar-refractivity contribution in [3.8, 4) is 0 Å². The SMILES string of the molecule is CCCN1CCN(CCCC(C)(NCC)C(=O)OC)CC1. The predicted octanol–water partition coefficient (Wildman–Crippen LogP) is 1.34. The first kappa shape index (κ1) is 18.4. The summed E-state index contributed by atoms with van der Waals surface area (Å²) in [5.74, 6) is -0.155. The van der Waals surface area contributed by atoms with Crippen LogP contribution in [0.3, 0.4) is 0 Å². The molecule has 1 aliphatic rings. The number of methoxy groups -OCH3 is 1. The zero-order valence-corrected chi connectivity index (χ0v) is 14.3. The molecule has 5 heteroatoms. The summed E-state index contributed by atoms with van der Waals surface area (Å²) >= 11 is 0. The first-order valence-corrected chi connectivity index (χ1v) is 8.34. The third-order valence-electron chi connectivity index (χ3n) is 4.36. The Balaban J connectivity index is 2.30. The monoisotopic (exact) mass is 299 g/mol. The van der Waals surface area contributed by atoms with Gasteiger partial charge in [-0.25, -0.2) is 0 Å². The molecule has 1 aliphatic heterocycles. The van der Waals surface area contributed by atoms with Gasteiger partial charge < -0.3 is 19.9 Å². The van der Waals surface area contributed by atoms with Crippen LogP contribution in [0.2, 0.25) is 0 Å². The molecule has 0 saturated carbocycles. The highest BCUT2D eigenvalue weighted by Gasteiger charge is 2.32. The lowest BCUT2D eigenvalue weighted by Crippen LogP contribution is -2.51. The van der Waals surface area contributed by atoms with Crippen molar-refractivity contribution in [3.05, 3.63) is 0 Å². The number of rotatable bonds is 9. The van der Waals surface area contributed by atoms with Crippen molar-refractivity contribution in [3.63, 3.8) is 0 Å². The van der Waals surface area contributed by atoms with E-state index in [1.54, 1.807) is 0 Å². The van der Waals surface area contributed by atoms with Gasteiger partial charge in [-0.1, -0.05) is 13.8 Å². The number of carbonyl (C=O) groups is 1. The lowest BCUT2D eigenvalue weighted by atomic mass is 9.95. The number of hydrogen-bond acceptors (Lipinski definition) is 5. The summed E-state index contributed by atoms with van der Waals surface area (Å²) in [6.45, 7) is 13.9. The highest BCUT2D eigenvalue weighted by molar-refractivity contribution is 5.80. The molecule has 0 aromatic carbocycles. The van der Waals surface area contributed by atoms with Crippen molar-refractivity contribution < 1.29 is 9.53 Å². The largest absolute Gasteiger partial charge is 0.468 e. The minimum absolute atomic E-state index is 0.155. The topological polar surface area (TPSA) is 44.8 Å². The Morgan fingerprint density at radius 2 is 1.71 bits per heavy atom. The van der Waals surface area contributed by atoms with Gasteiger partial charge in [-0.2, -0.15) is 0 Å². The molecule has 1 heterocycles. The van der Waals surface area contributed by atoms with E-state index in [9.17, 15) is 4.79 Å². The van der Waals surface area contributed by atoms with Crippen LogP contribution in [0.25, 0.3) is 0 Å². The van der Waals surface area contributed by atoms with Crippen molar-refractivity contribution in [1.82, 2.24) is 15.1 Å². The fourth-order valence-corrected chi connectivity index (χ4v) is 3.09. The summed E-state index contributed by atoms with van der Waals surface area (Å²) in [7, 11) is 1.46. The lowest BCUT2D eigenvalue weighted by molar-refractivity contribution is -0.148. The van der Waals surface area contributed by atoms with Crippen LogP contribution in [0, 0.1) is 0 Å². The molecule has 1 fully saturated rings. The van der Waals surface area contributed by atoms with E-state index in [2.05, 4.69) is 22.0 Å². The number of nitrogens with zero attached hydrogens (tertiary/aromatic N) is 2. The Morgan fingerprint density at radius 3 is 2.19 bits per heavy atom. The second kappa shape index (κ2) is 9.38. The van der Waals surface area contributed by atoms with Gasteiger partial charge in [0.25, 0.3) is 0 Å². The molecule has 124 valence electrons. The highest BCUT2D eigenvalue weighted by Crippen LogP contribution is 2.15. The van der Waals surface area contributed by atoms with Gasteiger partial charge in [0.05, 0.1) is 7.11 Å². The molecule has 0 aromatic rings. The van der Waals surface area contributed by atoms with Gasteiger partial charge in [0.2, 0.25) is 0 Å². The fourth-order valence-electron chi connectivity index (χ4n) is 3.09. The van der Waals surface area contributed by atoms with E-state index >= 15 is 0 Å². The zero-order chi connectivity index (χ0) is 15.7. The number of ether oxygens (including phenoxy) is 1. The normalized spacial score (nSPS) is 20.2. The quantitative estimate of drug-likeness (QED) is 0.651. The van der Waals surface area contributed by atoms with Crippen molar-refractivity contribution in [2.75, 3.05) is 52.9 Å². The third kappa shape index (κ3) is 5.93. The van der Waals surface area contributed by atoms with Gasteiger partial charge in [0.1, 0.15) is 5.54 Å². The van der Waals surface area contributed by atoms with E-state index in [1.807, 2.05) is 13.8 Å². The Labute approximate surface area is 130 Å². The molecule has 0 aliphatic carbocycles. The fraction of sp³-hybridized carbons (Fsp3) is 0.938. The second-order valence-electron chi connectivity index (χ2n) is 6.14. The van der Waals surface area contributed by atoms with E-state index in [1.165, 1.54) is 33.2 Å². The highest BCUT2D eigenvalue weighted by atomic mass is 16.5. The van der Waals surface area contributed by atoms with Gasteiger partial charge in [-0.05, 0) is 45.8 Å². The minimum atomic E-state index is -0.548. The van der Waals surface area contributed by atoms with E-state index in [0.29, 0.717) is 0 Å². The molecule has 1 saturated heterocycles. The lowest BCUT2D eigenvalue weighted by Gasteiger charge is -2.35. The van der Waals surface area contributed by atoms with Crippen LogP contribution in [0.5, 0.6) is 0 Å². The van der Waals surface area contributed by atoms with Crippen molar-refractivity contribution >= 4 is 5.97 Å². The molecule has 0 aromatic heterocycles. The van der Waals surface area contributed by atoms with Crippen LogP contribution in [0.4, 0.5) is 0 Å². The van der Waals surface area contributed by atoms with Gasteiger partial charge >= 0.3 is 5.97 Å². The summed E-state index contributed by atoms with van der Waals surface area (Å²) in [5, 5.41) is 3.27. The molecule has 1 atom stereocenters. The van der Waals surface area contributed by atoms with E-state index in [4.69, 9.17) is 4.74 Å². The van der Waals surface area contributed by atoms with Gasteiger partial charge in [-0.15, -0.1) is 0 Å². The summed E-state index contributed by atoms with van der Waals surface area (Å²) in [6.07, 6.45) is 3.08. The summed E-state index contributed by atoms with van der Waals surface area (Å²) in [5.41, 5.74) is -0.548. The molecule has 5 nitrogen and oxygen atoms in total. The average Bonchev–Trinajstić information content (AvgIpc) is 2.48. The Bertz CT molecular complexity index is 304. The second-order valence-corrected chi connectivity index (χ2v) is 6.14. The van der Waals surface area contributed by atoms with Crippen LogP contribution >= 0.6 is 0 Å². The summed E-state index contributed by atoms with van der Waals surface area (Å²) < 4.78 is 4.93. The van der Waals surface area contributed by atoms with E-state index in [0.717, 1.165) is 39.0 Å². The molecular weight excluding hydrogens is 266 g/mol. The maximum Gasteiger partial charge on any atom is 0.325 e. The zero-order valence-electron chi connectivity index (χ0n) is 14.3. The first-order chi connectivity index (χ1) is 10.1. The number of carbonyl (C=O) groups excluding carboxylic acids is 1. The van der Waals surface area contributed by atoms with Crippen molar-refractivity contribution in [2.24, 2.45) is 0 Å². The Kier molecular flexibility index (Phi) is 8.22. The molecule has 0 spiro atoms. The predicted molar refractivity (Wildman–Crippen MR) is 86.5 cm³/mol. The molecule has 21 heavy (non-hydrogen) atoms. The molecule has 0 radical (unpaired) electrons. The molecule has 1 rings (SSSR count). The van der Waals surface area contributed by atoms with Gasteiger partial charge in [0.15, 0.2) is 0 Å². The minimum Gasteiger partial charge on any atom is -0.468 e. The number of hydrogen-bond donors (Lipinski definition) is 1. The van der Waals surface area contributed by atoms with Gasteiger partial charge in [0, 0.05) is 26.2 Å². The Morgan fingerprint density at radius 1 is 1.14 bits per heavy atom. The maximum atomic E-state index is 11.9. The molecule has 0 amide bonds. The number of esters is 1. The summed E-state index contributed by atoms with van der Waals surface area (Å²) in [6, 6.07) is 0. The maximum absolute atomic E-state index is 11.9. The van der Waals surface area contributed by atoms with E-state index < -0.39 is 5.54 Å². The van der Waals surface area contributed by atoms with Crippen molar-refractivity contribution in [2.45, 2.75) is 45.6 Å². The standard InChI is InChI=1S/C16H33N3O2/c1-5-9-18-11-13-19(14-12-18)10-7-8-16(3,17-6-2)15(20)21-4/h17H,5-14H2,1-4H3. The summed E-state index contributed by atoms with van der Waals surface area (Å²) in [4.78, 5) is 17.0. The number of piperazine rings is 1. The van der Waals surface area contributed by atoms with Crippen LogP contribution in [-0.4, -0.2) is 74.2 Å². The molecule has 1 unspecified atom stereocenters. The van der Waals surface area contributed by atoms with Crippen LogP contribution in [0.15, 0.2) is 0 Å². The molecule has 0 bridgehead atoms. The number of nitrogens with one attached hydrogen (secondary N) is 1. The molecule has 1 N–H and O–H groups in total. The molecular formula is C16H33N3O2. The van der Waals surface area contributed by atoms with E-state index in [-0.39, 0.29) is 5.97 Å². The van der Waals surface area contributed by atoms with Crippen LogP contribution < -0.4 is 5.32 Å². The third-order valence-corrected chi connectivity index (χ3v) is 4.36. The smallest absolute Gasteiger partial charge is 0.325 e. The van der Waals surface area contributed by atoms with Crippen molar-refractivity contribution in [1.29, 1.82) is 0 Å². The van der Waals surface area contributed by atoms with Gasteiger partial charge in [-0.3, -0.25) is 4.79 Å². The van der Waals surface area contributed by atoms with Crippen LogP contribution in [0.1, 0.15) is 40.0 Å². The Hall–Kier alpha value is -0.650.